The van der Waals surface area contributed by atoms with Crippen molar-refractivity contribution in [2.24, 2.45) is 5.41 Å². The molecule has 4 N–H and O–H groups in total. The molecule has 4 aromatic rings. The molecule has 0 aliphatic carbocycles. The van der Waals surface area contributed by atoms with Crippen molar-refractivity contribution in [2.75, 3.05) is 17.2 Å². The van der Waals surface area contributed by atoms with Crippen molar-refractivity contribution in [1.82, 2.24) is 0 Å². The first kappa shape index (κ1) is 29.1. The van der Waals surface area contributed by atoms with Crippen LogP contribution in [0.3, 0.4) is 0 Å². The van der Waals surface area contributed by atoms with Gasteiger partial charge in [0.2, 0.25) is 0 Å². The zero-order chi connectivity index (χ0) is 30.3. The first-order valence-electron chi connectivity index (χ1n) is 13.5. The summed E-state index contributed by atoms with van der Waals surface area (Å²) in [6.07, 6.45) is -2.51. The fourth-order valence-corrected chi connectivity index (χ4v) is 5.55. The third-order valence-corrected chi connectivity index (χ3v) is 7.41. The number of carboxylic acids is 1. The normalized spacial score (nSPS) is 17.1. The molecule has 2 unspecified atom stereocenters. The van der Waals surface area contributed by atoms with Crippen molar-refractivity contribution in [3.63, 3.8) is 0 Å². The van der Waals surface area contributed by atoms with E-state index in [0.717, 1.165) is 22.4 Å². The molecule has 0 bridgehead atoms. The Hall–Kier alpha value is -4.40. The Labute approximate surface area is 248 Å². The summed E-state index contributed by atoms with van der Waals surface area (Å²) < 4.78 is 6.58. The number of aromatic hydroxyl groups is 1. The maximum absolute atomic E-state index is 14.2. The number of carboxylic acid groups (broad SMARTS) is 1. The average molecular weight is 587 g/mol. The molecule has 1 heterocycles. The van der Waals surface area contributed by atoms with E-state index in [1.807, 2.05) is 63.2 Å². The number of hydrogen-bond acceptors (Lipinski definition) is 6. The van der Waals surface area contributed by atoms with Gasteiger partial charge in [0.1, 0.15) is 23.5 Å². The molecular weight excluding hydrogens is 556 g/mol. The van der Waals surface area contributed by atoms with E-state index >= 15 is 0 Å². The van der Waals surface area contributed by atoms with Crippen LogP contribution in [0.1, 0.15) is 65.1 Å². The molecule has 0 saturated heterocycles. The second kappa shape index (κ2) is 11.1. The van der Waals surface area contributed by atoms with E-state index in [-0.39, 0.29) is 16.7 Å². The number of nitrogens with zero attached hydrogens (tertiary/aromatic N) is 1. The number of nitrogens with two attached hydrogens (primary N) is 1. The van der Waals surface area contributed by atoms with Crippen LogP contribution < -0.4 is 10.6 Å². The smallest absolute Gasteiger partial charge is 0.339 e. The number of hydrogen-bond donors (Lipinski definition) is 3. The standard InChI is InChI=1S/C33H31ClN2O6/c1-33(2,3)17-36-26-12-11-19(34)13-23(26)30(22-10-6-8-18-7-4-5-9-21(18)22)42-28(31(36)39)16-27(37)24-14-20(35)15-25(29(24)38)32(40)41/h4-15,28,30,38H,16-17,35H2,1-3H3,(H,40,41). The molecule has 0 fully saturated rings. The molecule has 1 aliphatic heterocycles. The number of benzene rings is 4. The van der Waals surface area contributed by atoms with Gasteiger partial charge < -0.3 is 25.6 Å². The van der Waals surface area contributed by atoms with E-state index in [1.165, 1.54) is 6.07 Å². The summed E-state index contributed by atoms with van der Waals surface area (Å²) in [5.74, 6) is -3.27. The van der Waals surface area contributed by atoms with Gasteiger partial charge >= 0.3 is 5.97 Å². The second-order valence-electron chi connectivity index (χ2n) is 11.7. The molecule has 216 valence electrons. The van der Waals surface area contributed by atoms with Crippen molar-refractivity contribution >= 4 is 51.4 Å². The maximum atomic E-state index is 14.2. The number of phenols is 1. The third kappa shape index (κ3) is 5.68. The fourth-order valence-electron chi connectivity index (χ4n) is 5.37. The van der Waals surface area contributed by atoms with E-state index in [1.54, 1.807) is 23.1 Å². The second-order valence-corrected chi connectivity index (χ2v) is 12.1. The molecule has 4 aromatic carbocycles. The number of aromatic carboxylic acids is 1. The lowest BCUT2D eigenvalue weighted by Crippen LogP contribution is -2.44. The summed E-state index contributed by atoms with van der Waals surface area (Å²) in [5, 5.41) is 22.5. The number of rotatable bonds is 6. The fraction of sp³-hybridized carbons (Fsp3) is 0.242. The van der Waals surface area contributed by atoms with Gasteiger partial charge in [0.25, 0.3) is 5.91 Å². The Kier molecular flexibility index (Phi) is 7.70. The lowest BCUT2D eigenvalue weighted by Gasteiger charge is -2.31. The van der Waals surface area contributed by atoms with Gasteiger partial charge in [-0.1, -0.05) is 74.8 Å². The van der Waals surface area contributed by atoms with Crippen molar-refractivity contribution in [2.45, 2.75) is 39.4 Å². The number of ketones is 1. The molecule has 2 atom stereocenters. The number of amides is 1. The highest BCUT2D eigenvalue weighted by molar-refractivity contribution is 6.30. The predicted molar refractivity (Wildman–Crippen MR) is 162 cm³/mol. The SMILES string of the molecule is CC(C)(C)CN1C(=O)C(CC(=O)c2cc(N)cc(C(=O)O)c2O)OC(c2cccc3ccccc23)c2cc(Cl)ccc21. The summed E-state index contributed by atoms with van der Waals surface area (Å²) >= 11 is 6.49. The van der Waals surface area contributed by atoms with E-state index in [0.29, 0.717) is 22.8 Å². The Bertz CT molecular complexity index is 1720. The van der Waals surface area contributed by atoms with Crippen LogP contribution in [0.4, 0.5) is 11.4 Å². The van der Waals surface area contributed by atoms with Gasteiger partial charge in [-0.2, -0.15) is 0 Å². The predicted octanol–water partition coefficient (Wildman–Crippen LogP) is 6.62. The molecule has 1 aliphatic rings. The number of ether oxygens (including phenoxy) is 1. The van der Waals surface area contributed by atoms with E-state index in [2.05, 4.69) is 0 Å². The highest BCUT2D eigenvalue weighted by Crippen LogP contribution is 2.43. The number of Topliss-reactive ketones (excluding diaryl/α,β-unsaturated/α-hetero) is 1. The zero-order valence-corrected chi connectivity index (χ0v) is 24.2. The van der Waals surface area contributed by atoms with E-state index < -0.39 is 47.6 Å². The van der Waals surface area contributed by atoms with Crippen molar-refractivity contribution < 1.29 is 29.3 Å². The van der Waals surface area contributed by atoms with Crippen LogP contribution in [0, 0.1) is 5.41 Å². The van der Waals surface area contributed by atoms with Gasteiger partial charge in [-0.3, -0.25) is 9.59 Å². The van der Waals surface area contributed by atoms with Crippen LogP contribution in [0.5, 0.6) is 5.75 Å². The minimum Gasteiger partial charge on any atom is -0.506 e. The number of halogens is 1. The number of carbonyl (C=O) groups excluding carboxylic acids is 2. The van der Waals surface area contributed by atoms with Gasteiger partial charge in [0, 0.05) is 34.9 Å². The van der Waals surface area contributed by atoms with Crippen LogP contribution in [0.15, 0.2) is 72.8 Å². The van der Waals surface area contributed by atoms with Crippen LogP contribution in [-0.4, -0.2) is 40.5 Å². The molecule has 9 heteroatoms. The molecular formula is C33H31ClN2O6. The molecule has 42 heavy (non-hydrogen) atoms. The third-order valence-electron chi connectivity index (χ3n) is 7.18. The summed E-state index contributed by atoms with van der Waals surface area (Å²) in [5.41, 5.74) is 6.82. The van der Waals surface area contributed by atoms with Crippen LogP contribution in [-0.2, 0) is 9.53 Å². The molecule has 8 nitrogen and oxygen atoms in total. The van der Waals surface area contributed by atoms with Crippen molar-refractivity contribution in [3.8, 4) is 5.75 Å². The zero-order valence-electron chi connectivity index (χ0n) is 23.4. The van der Waals surface area contributed by atoms with Crippen LogP contribution >= 0.6 is 11.6 Å². The summed E-state index contributed by atoms with van der Waals surface area (Å²) in [7, 11) is 0. The van der Waals surface area contributed by atoms with Crippen molar-refractivity contribution in [1.29, 1.82) is 0 Å². The van der Waals surface area contributed by atoms with Gasteiger partial charge in [-0.25, -0.2) is 4.79 Å². The van der Waals surface area contributed by atoms with Gasteiger partial charge in [-0.15, -0.1) is 0 Å². The number of carbonyl (C=O) groups is 3. The summed E-state index contributed by atoms with van der Waals surface area (Å²) in [4.78, 5) is 41.1. The average Bonchev–Trinajstić information content (AvgIpc) is 3.03. The van der Waals surface area contributed by atoms with E-state index in [9.17, 15) is 24.6 Å². The van der Waals surface area contributed by atoms with E-state index in [4.69, 9.17) is 22.1 Å². The Morgan fingerprint density at radius 3 is 2.38 bits per heavy atom. The summed E-state index contributed by atoms with van der Waals surface area (Å²) in [6.45, 7) is 6.33. The Morgan fingerprint density at radius 1 is 0.976 bits per heavy atom. The topological polar surface area (TPSA) is 130 Å². The Balaban J connectivity index is 1.67. The van der Waals surface area contributed by atoms with Gasteiger partial charge in [0.05, 0.1) is 5.56 Å². The maximum Gasteiger partial charge on any atom is 0.339 e. The van der Waals surface area contributed by atoms with Crippen molar-refractivity contribution in [3.05, 3.63) is 100 Å². The molecule has 5 rings (SSSR count). The monoisotopic (exact) mass is 586 g/mol. The highest BCUT2D eigenvalue weighted by atomic mass is 35.5. The summed E-state index contributed by atoms with van der Waals surface area (Å²) in [6, 6.07) is 21.2. The first-order valence-corrected chi connectivity index (χ1v) is 13.8. The number of fused-ring (bicyclic) bond motifs is 2. The lowest BCUT2D eigenvalue weighted by atomic mass is 9.93. The highest BCUT2D eigenvalue weighted by Gasteiger charge is 2.40. The first-order chi connectivity index (χ1) is 19.8. The van der Waals surface area contributed by atoms with Crippen LogP contribution in [0.2, 0.25) is 5.02 Å². The minimum atomic E-state index is -1.43. The minimum absolute atomic E-state index is 0.00769. The quantitative estimate of drug-likeness (QED) is 0.131. The molecule has 1 amide bonds. The molecule has 0 aromatic heterocycles. The molecule has 0 spiro atoms. The number of anilines is 2. The molecule has 0 saturated carbocycles. The van der Waals surface area contributed by atoms with Crippen LogP contribution in [0.25, 0.3) is 10.8 Å². The Morgan fingerprint density at radius 2 is 1.67 bits per heavy atom. The largest absolute Gasteiger partial charge is 0.506 e. The number of nitrogen functional groups attached to an aromatic ring is 1. The lowest BCUT2D eigenvalue weighted by molar-refractivity contribution is -0.132. The molecule has 0 radical (unpaired) electrons. The van der Waals surface area contributed by atoms with Gasteiger partial charge in [-0.05, 0) is 52.1 Å². The van der Waals surface area contributed by atoms with Gasteiger partial charge in [0.15, 0.2) is 5.78 Å².